The molecule has 0 aliphatic carbocycles. The van der Waals surface area contributed by atoms with Crippen molar-refractivity contribution in [1.82, 2.24) is 4.98 Å². The first-order valence-electron chi connectivity index (χ1n) is 3.42. The summed E-state index contributed by atoms with van der Waals surface area (Å²) < 4.78 is 0. The predicted molar refractivity (Wildman–Crippen MR) is 53.6 cm³/mol. The van der Waals surface area contributed by atoms with Gasteiger partial charge in [0.25, 0.3) is 0 Å². The zero-order valence-electron chi connectivity index (χ0n) is 6.66. The Morgan fingerprint density at radius 3 is 2.85 bits per heavy atom. The second kappa shape index (κ2) is 4.34. The molecule has 4 N–H and O–H groups in total. The van der Waals surface area contributed by atoms with Crippen LogP contribution in [0.1, 0.15) is 0 Å². The van der Waals surface area contributed by atoms with Crippen LogP contribution < -0.4 is 11.5 Å². The molecule has 0 unspecified atom stereocenters. The van der Waals surface area contributed by atoms with Crippen LogP contribution in [0.4, 0.5) is 5.69 Å². The van der Waals surface area contributed by atoms with Crippen LogP contribution in [0.25, 0.3) is 0 Å². The number of nitrogens with two attached hydrogens (primary N) is 2. The average molecular weight is 218 g/mol. The van der Waals surface area contributed by atoms with Crippen LogP contribution in [-0.2, 0) is 4.79 Å². The van der Waals surface area contributed by atoms with E-state index in [0.717, 1.165) is 0 Å². The fourth-order valence-corrected chi connectivity index (χ4v) is 1.65. The van der Waals surface area contributed by atoms with Gasteiger partial charge in [-0.2, -0.15) is 0 Å². The molecule has 1 aromatic rings. The Hall–Kier alpha value is -0.940. The second-order valence-corrected chi connectivity index (χ2v) is 3.70. The highest BCUT2D eigenvalue weighted by molar-refractivity contribution is 7.99. The van der Waals surface area contributed by atoms with E-state index < -0.39 is 5.91 Å². The summed E-state index contributed by atoms with van der Waals surface area (Å²) in [5.74, 6) is -0.224. The number of aromatic nitrogens is 1. The Labute approximate surface area is 84.6 Å². The van der Waals surface area contributed by atoms with Crippen molar-refractivity contribution in [2.45, 2.75) is 5.03 Å². The number of hydrogen-bond donors (Lipinski definition) is 2. The molecule has 0 atom stereocenters. The van der Waals surface area contributed by atoms with Crippen LogP contribution in [-0.4, -0.2) is 16.6 Å². The van der Waals surface area contributed by atoms with Crippen molar-refractivity contribution in [3.63, 3.8) is 0 Å². The van der Waals surface area contributed by atoms with Gasteiger partial charge in [0.2, 0.25) is 5.91 Å². The number of thioether (sulfide) groups is 1. The highest BCUT2D eigenvalue weighted by Gasteiger charge is 2.01. The minimum Gasteiger partial charge on any atom is -0.399 e. The summed E-state index contributed by atoms with van der Waals surface area (Å²) in [5, 5.41) is 0.913. The van der Waals surface area contributed by atoms with Gasteiger partial charge in [0.1, 0.15) is 10.2 Å². The van der Waals surface area contributed by atoms with Gasteiger partial charge in [-0.3, -0.25) is 4.79 Å². The van der Waals surface area contributed by atoms with Gasteiger partial charge in [0, 0.05) is 5.69 Å². The van der Waals surface area contributed by atoms with Crippen LogP contribution in [0.2, 0.25) is 5.15 Å². The van der Waals surface area contributed by atoms with Gasteiger partial charge >= 0.3 is 0 Å². The molecule has 0 spiro atoms. The maximum absolute atomic E-state index is 10.5. The number of pyridine rings is 1. The molecule has 1 heterocycles. The second-order valence-electron chi connectivity index (χ2n) is 2.32. The number of anilines is 1. The zero-order valence-corrected chi connectivity index (χ0v) is 8.23. The third-order valence-corrected chi connectivity index (χ3v) is 2.28. The lowest BCUT2D eigenvalue weighted by molar-refractivity contribution is -0.115. The summed E-state index contributed by atoms with van der Waals surface area (Å²) in [6.45, 7) is 0. The Balaban J connectivity index is 2.71. The van der Waals surface area contributed by atoms with Crippen molar-refractivity contribution < 1.29 is 4.79 Å². The summed E-state index contributed by atoms with van der Waals surface area (Å²) in [7, 11) is 0. The molecule has 0 radical (unpaired) electrons. The van der Waals surface area contributed by atoms with Crippen LogP contribution in [0.15, 0.2) is 17.2 Å². The van der Waals surface area contributed by atoms with E-state index in [9.17, 15) is 4.79 Å². The van der Waals surface area contributed by atoms with E-state index in [2.05, 4.69) is 4.98 Å². The number of carbonyl (C=O) groups is 1. The number of primary amides is 1. The number of hydrogen-bond acceptors (Lipinski definition) is 4. The largest absolute Gasteiger partial charge is 0.399 e. The molecule has 6 heteroatoms. The molecule has 0 aliphatic heterocycles. The molecule has 0 saturated carbocycles. The van der Waals surface area contributed by atoms with Crippen molar-refractivity contribution >= 4 is 35.0 Å². The monoisotopic (exact) mass is 217 g/mol. The number of carbonyl (C=O) groups excluding carboxylic acids is 1. The van der Waals surface area contributed by atoms with Crippen LogP contribution in [0, 0.1) is 0 Å². The normalized spacial score (nSPS) is 9.92. The van der Waals surface area contributed by atoms with E-state index in [1.165, 1.54) is 17.8 Å². The molecule has 1 amide bonds. The minimum atomic E-state index is -0.398. The molecule has 1 rings (SSSR count). The van der Waals surface area contributed by atoms with Gasteiger partial charge < -0.3 is 11.5 Å². The quantitative estimate of drug-likeness (QED) is 0.582. The number of nitrogens with zero attached hydrogens (tertiary/aromatic N) is 1. The average Bonchev–Trinajstić information content (AvgIpc) is 1.99. The molecule has 4 nitrogen and oxygen atoms in total. The number of rotatable bonds is 3. The zero-order chi connectivity index (χ0) is 9.84. The standard InChI is InChI=1S/C7H8ClN3OS/c8-5-1-4(9)2-7(11-5)13-3-6(10)12/h1-2H,3H2,(H2,9,11)(H2,10,12). The lowest BCUT2D eigenvalue weighted by atomic mass is 10.4. The van der Waals surface area contributed by atoms with Gasteiger partial charge in [-0.05, 0) is 12.1 Å². The fraction of sp³-hybridized carbons (Fsp3) is 0.143. The van der Waals surface area contributed by atoms with Gasteiger partial charge in [-0.15, -0.1) is 0 Å². The maximum Gasteiger partial charge on any atom is 0.227 e. The van der Waals surface area contributed by atoms with E-state index in [1.807, 2.05) is 0 Å². The van der Waals surface area contributed by atoms with Crippen molar-refractivity contribution in [1.29, 1.82) is 0 Å². The smallest absolute Gasteiger partial charge is 0.227 e. The highest BCUT2D eigenvalue weighted by atomic mass is 35.5. The summed E-state index contributed by atoms with van der Waals surface area (Å²) >= 11 is 6.85. The van der Waals surface area contributed by atoms with Crippen LogP contribution in [0.3, 0.4) is 0 Å². The first kappa shape index (κ1) is 10.1. The summed E-state index contributed by atoms with van der Waals surface area (Å²) in [4.78, 5) is 14.4. The van der Waals surface area contributed by atoms with Crippen molar-refractivity contribution in [2.24, 2.45) is 5.73 Å². The number of nitrogen functional groups attached to an aromatic ring is 1. The molecule has 0 fully saturated rings. The van der Waals surface area contributed by atoms with Crippen molar-refractivity contribution in [3.05, 3.63) is 17.3 Å². The van der Waals surface area contributed by atoms with Gasteiger partial charge in [0.15, 0.2) is 0 Å². The van der Waals surface area contributed by atoms with E-state index in [-0.39, 0.29) is 5.75 Å². The Morgan fingerprint density at radius 2 is 2.31 bits per heavy atom. The van der Waals surface area contributed by atoms with E-state index in [1.54, 1.807) is 6.07 Å². The van der Waals surface area contributed by atoms with Gasteiger partial charge in [-0.1, -0.05) is 23.4 Å². The van der Waals surface area contributed by atoms with Crippen LogP contribution >= 0.6 is 23.4 Å². The Morgan fingerprint density at radius 1 is 1.62 bits per heavy atom. The first-order chi connectivity index (χ1) is 6.08. The van der Waals surface area contributed by atoms with E-state index in [4.69, 9.17) is 23.1 Å². The summed E-state index contributed by atoms with van der Waals surface area (Å²) in [6.07, 6.45) is 0. The molecular weight excluding hydrogens is 210 g/mol. The molecule has 0 saturated heterocycles. The molecule has 0 bridgehead atoms. The molecule has 0 aromatic carbocycles. The SMILES string of the molecule is NC(=O)CSc1cc(N)cc(Cl)n1. The fourth-order valence-electron chi connectivity index (χ4n) is 0.711. The molecular formula is C7H8ClN3OS. The molecule has 1 aromatic heterocycles. The topological polar surface area (TPSA) is 82.0 Å². The minimum absolute atomic E-state index is 0.173. The third kappa shape index (κ3) is 3.52. The van der Waals surface area contributed by atoms with Gasteiger partial charge in [-0.25, -0.2) is 4.98 Å². The first-order valence-corrected chi connectivity index (χ1v) is 4.78. The van der Waals surface area contributed by atoms with Crippen molar-refractivity contribution in [3.8, 4) is 0 Å². The lowest BCUT2D eigenvalue weighted by Crippen LogP contribution is -2.13. The maximum atomic E-state index is 10.5. The molecule has 0 aliphatic rings. The van der Waals surface area contributed by atoms with E-state index in [0.29, 0.717) is 15.9 Å². The number of amides is 1. The molecule has 13 heavy (non-hydrogen) atoms. The van der Waals surface area contributed by atoms with Crippen molar-refractivity contribution in [2.75, 3.05) is 11.5 Å². The molecule has 70 valence electrons. The number of halogens is 1. The summed E-state index contributed by atoms with van der Waals surface area (Å²) in [6, 6.07) is 3.18. The summed E-state index contributed by atoms with van der Waals surface area (Å²) in [5.41, 5.74) is 11.0. The third-order valence-electron chi connectivity index (χ3n) is 1.16. The Bertz CT molecular complexity index is 311. The van der Waals surface area contributed by atoms with Gasteiger partial charge in [0.05, 0.1) is 5.75 Å². The lowest BCUT2D eigenvalue weighted by Gasteiger charge is -2.00. The van der Waals surface area contributed by atoms with Crippen LogP contribution in [0.5, 0.6) is 0 Å². The van der Waals surface area contributed by atoms with E-state index >= 15 is 0 Å². The predicted octanol–water partition coefficient (Wildman–Crippen LogP) is 0.895. The highest BCUT2D eigenvalue weighted by Crippen LogP contribution is 2.20. The Kier molecular flexibility index (Phi) is 3.39.